The second-order valence-electron chi connectivity index (χ2n) is 8.38. The monoisotopic (exact) mass is 430 g/mol. The van der Waals surface area contributed by atoms with E-state index in [1.54, 1.807) is 0 Å². The van der Waals surface area contributed by atoms with Crippen molar-refractivity contribution in [1.29, 1.82) is 0 Å². The van der Waals surface area contributed by atoms with Crippen molar-refractivity contribution in [2.75, 3.05) is 26.7 Å². The minimum Gasteiger partial charge on any atom is -0.356 e. The number of aromatic nitrogens is 2. The molecule has 6 heteroatoms. The van der Waals surface area contributed by atoms with Crippen molar-refractivity contribution in [3.63, 3.8) is 0 Å². The highest BCUT2D eigenvalue weighted by Gasteiger charge is 2.10. The molecule has 1 fully saturated rings. The van der Waals surface area contributed by atoms with Gasteiger partial charge in [-0.2, -0.15) is 5.10 Å². The van der Waals surface area contributed by atoms with Gasteiger partial charge in [-0.3, -0.25) is 9.89 Å². The van der Waals surface area contributed by atoms with E-state index in [0.29, 0.717) is 0 Å². The Kier molecular flexibility index (Phi) is 7.93. The molecule has 0 amide bonds. The number of nitrogens with zero attached hydrogens (tertiary/aromatic N) is 4. The summed E-state index contributed by atoms with van der Waals surface area (Å²) < 4.78 is 1.91. The number of aliphatic imine (C=N–C) groups is 1. The lowest BCUT2D eigenvalue weighted by molar-refractivity contribution is 0.221. The van der Waals surface area contributed by atoms with Crippen LogP contribution in [0.15, 0.2) is 72.0 Å². The van der Waals surface area contributed by atoms with Gasteiger partial charge in [-0.15, -0.1) is 0 Å². The Morgan fingerprint density at radius 1 is 0.906 bits per heavy atom. The Morgan fingerprint density at radius 2 is 1.66 bits per heavy atom. The van der Waals surface area contributed by atoms with Crippen LogP contribution in [0, 0.1) is 0 Å². The van der Waals surface area contributed by atoms with E-state index in [1.807, 2.05) is 36.1 Å². The summed E-state index contributed by atoms with van der Waals surface area (Å²) >= 11 is 0. The molecule has 2 aromatic carbocycles. The topological polar surface area (TPSA) is 57.5 Å². The van der Waals surface area contributed by atoms with E-state index < -0.39 is 0 Å². The molecule has 0 aliphatic carbocycles. The summed E-state index contributed by atoms with van der Waals surface area (Å²) in [6, 6.07) is 19.1. The van der Waals surface area contributed by atoms with E-state index in [4.69, 9.17) is 0 Å². The van der Waals surface area contributed by atoms with Crippen molar-refractivity contribution in [3.8, 4) is 5.69 Å². The van der Waals surface area contributed by atoms with Gasteiger partial charge in [0.05, 0.1) is 11.9 Å². The number of para-hydroxylation sites is 1. The summed E-state index contributed by atoms with van der Waals surface area (Å²) in [4.78, 5) is 6.91. The number of hydrogen-bond donors (Lipinski definition) is 2. The second-order valence-corrected chi connectivity index (χ2v) is 8.38. The first-order valence-electron chi connectivity index (χ1n) is 11.6. The molecule has 1 aromatic heterocycles. The van der Waals surface area contributed by atoms with Crippen molar-refractivity contribution in [1.82, 2.24) is 25.3 Å². The summed E-state index contributed by atoms with van der Waals surface area (Å²) in [6.45, 7) is 5.10. The summed E-state index contributed by atoms with van der Waals surface area (Å²) in [5.74, 6) is 0.817. The first-order valence-corrected chi connectivity index (χ1v) is 11.6. The molecule has 2 N–H and O–H groups in total. The third kappa shape index (κ3) is 6.44. The van der Waals surface area contributed by atoms with Crippen molar-refractivity contribution in [3.05, 3.63) is 83.7 Å². The first kappa shape index (κ1) is 22.1. The summed E-state index contributed by atoms with van der Waals surface area (Å²) in [5.41, 5.74) is 4.93. The zero-order valence-electron chi connectivity index (χ0n) is 19.0. The van der Waals surface area contributed by atoms with Crippen LogP contribution in [-0.2, 0) is 19.5 Å². The molecule has 6 nitrogen and oxygen atoms in total. The molecule has 1 aliphatic rings. The molecular formula is C26H34N6. The van der Waals surface area contributed by atoms with Crippen LogP contribution in [0.5, 0.6) is 0 Å². The Labute approximate surface area is 191 Å². The maximum Gasteiger partial charge on any atom is 0.191 e. The smallest absolute Gasteiger partial charge is 0.191 e. The molecule has 4 rings (SSSR count). The lowest BCUT2D eigenvalue weighted by atomic mass is 10.1. The number of benzene rings is 2. The van der Waals surface area contributed by atoms with Gasteiger partial charge in [0.15, 0.2) is 5.96 Å². The summed E-state index contributed by atoms with van der Waals surface area (Å²) in [7, 11) is 1.81. The van der Waals surface area contributed by atoms with Crippen LogP contribution in [0.2, 0.25) is 0 Å². The van der Waals surface area contributed by atoms with Gasteiger partial charge >= 0.3 is 0 Å². The van der Waals surface area contributed by atoms with E-state index in [-0.39, 0.29) is 0 Å². The summed E-state index contributed by atoms with van der Waals surface area (Å²) in [5, 5.41) is 11.3. The maximum atomic E-state index is 4.46. The van der Waals surface area contributed by atoms with Gasteiger partial charge in [-0.1, -0.05) is 48.9 Å². The lowest BCUT2D eigenvalue weighted by Crippen LogP contribution is -2.37. The normalized spacial score (nSPS) is 15.0. The van der Waals surface area contributed by atoms with Crippen molar-refractivity contribution < 1.29 is 0 Å². The first-order chi connectivity index (χ1) is 15.8. The minimum atomic E-state index is 0.760. The quantitative estimate of drug-likeness (QED) is 0.422. The fourth-order valence-electron chi connectivity index (χ4n) is 4.08. The van der Waals surface area contributed by atoms with Crippen molar-refractivity contribution in [2.24, 2.45) is 4.99 Å². The van der Waals surface area contributed by atoms with Crippen LogP contribution in [-0.4, -0.2) is 47.3 Å². The largest absolute Gasteiger partial charge is 0.356 e. The SMILES string of the molecule is CN=C(NCCc1cnn(-c2ccccc2)c1)NCc1ccc(CN2CCCCC2)cc1. The predicted octanol–water partition coefficient (Wildman–Crippen LogP) is 3.77. The van der Waals surface area contributed by atoms with E-state index in [2.05, 4.69) is 68.2 Å². The number of guanidine groups is 1. The zero-order chi connectivity index (χ0) is 22.0. The fourth-order valence-corrected chi connectivity index (χ4v) is 4.08. The Balaban J connectivity index is 1.19. The molecule has 0 radical (unpaired) electrons. The van der Waals surface area contributed by atoms with E-state index in [9.17, 15) is 0 Å². The predicted molar refractivity (Wildman–Crippen MR) is 131 cm³/mol. The highest BCUT2D eigenvalue weighted by molar-refractivity contribution is 5.79. The van der Waals surface area contributed by atoms with Crippen molar-refractivity contribution in [2.45, 2.75) is 38.8 Å². The molecular weight excluding hydrogens is 396 g/mol. The van der Waals surface area contributed by atoms with Crippen LogP contribution < -0.4 is 10.6 Å². The number of rotatable bonds is 8. The average Bonchev–Trinajstić information content (AvgIpc) is 3.32. The second kappa shape index (κ2) is 11.5. The molecule has 32 heavy (non-hydrogen) atoms. The third-order valence-electron chi connectivity index (χ3n) is 5.92. The van der Waals surface area contributed by atoms with Crippen LogP contribution in [0.4, 0.5) is 0 Å². The number of nitrogens with one attached hydrogen (secondary N) is 2. The van der Waals surface area contributed by atoms with Crippen LogP contribution in [0.25, 0.3) is 5.69 Å². The van der Waals surface area contributed by atoms with Gasteiger partial charge in [-0.05, 0) is 61.2 Å². The molecule has 0 atom stereocenters. The van der Waals surface area contributed by atoms with Gasteiger partial charge in [0, 0.05) is 32.9 Å². The number of hydrogen-bond acceptors (Lipinski definition) is 3. The van der Waals surface area contributed by atoms with Crippen LogP contribution in [0.3, 0.4) is 0 Å². The van der Waals surface area contributed by atoms with Crippen LogP contribution >= 0.6 is 0 Å². The van der Waals surface area contributed by atoms with E-state index in [0.717, 1.165) is 37.7 Å². The highest BCUT2D eigenvalue weighted by atomic mass is 15.3. The highest BCUT2D eigenvalue weighted by Crippen LogP contribution is 2.13. The molecule has 0 unspecified atom stereocenters. The number of likely N-dealkylation sites (tertiary alicyclic amines) is 1. The van der Waals surface area contributed by atoms with Gasteiger partial charge in [0.2, 0.25) is 0 Å². The molecule has 0 bridgehead atoms. The Morgan fingerprint density at radius 3 is 2.41 bits per heavy atom. The van der Waals surface area contributed by atoms with Gasteiger partial charge in [-0.25, -0.2) is 4.68 Å². The summed E-state index contributed by atoms with van der Waals surface area (Å²) in [6.07, 6.45) is 8.95. The molecule has 2 heterocycles. The molecule has 1 aliphatic heterocycles. The van der Waals surface area contributed by atoms with Gasteiger partial charge in [0.1, 0.15) is 0 Å². The molecule has 3 aromatic rings. The van der Waals surface area contributed by atoms with E-state index in [1.165, 1.54) is 49.0 Å². The average molecular weight is 431 g/mol. The fraction of sp³-hybridized carbons (Fsp3) is 0.385. The Hall–Kier alpha value is -3.12. The van der Waals surface area contributed by atoms with Gasteiger partial charge in [0.25, 0.3) is 0 Å². The standard InChI is InChI=1S/C26H34N6/c1-27-26(28-15-14-24-19-30-32(21-24)25-8-4-2-5-9-25)29-18-22-10-12-23(13-11-22)20-31-16-6-3-7-17-31/h2,4-5,8-13,19,21H,3,6-7,14-18,20H2,1H3,(H2,27,28,29). The zero-order valence-corrected chi connectivity index (χ0v) is 19.0. The number of piperidine rings is 1. The van der Waals surface area contributed by atoms with Gasteiger partial charge < -0.3 is 10.6 Å². The maximum absolute atomic E-state index is 4.46. The molecule has 0 saturated carbocycles. The minimum absolute atomic E-state index is 0.760. The molecule has 1 saturated heterocycles. The lowest BCUT2D eigenvalue weighted by Gasteiger charge is -2.26. The molecule has 0 spiro atoms. The van der Waals surface area contributed by atoms with E-state index >= 15 is 0 Å². The Bertz CT molecular complexity index is 971. The third-order valence-corrected chi connectivity index (χ3v) is 5.92. The van der Waals surface area contributed by atoms with Crippen LogP contribution in [0.1, 0.15) is 36.0 Å². The molecule has 168 valence electrons. The van der Waals surface area contributed by atoms with Crippen molar-refractivity contribution >= 4 is 5.96 Å².